The Balaban J connectivity index is 1.79. The Morgan fingerprint density at radius 3 is 2.44 bits per heavy atom. The highest BCUT2D eigenvalue weighted by molar-refractivity contribution is 6.04. The second-order valence-electron chi connectivity index (χ2n) is 12.0. The lowest BCUT2D eigenvalue weighted by molar-refractivity contribution is -0.140. The van der Waals surface area contributed by atoms with Gasteiger partial charge in [0.1, 0.15) is 17.7 Å². The Morgan fingerprint density at radius 1 is 1.07 bits per heavy atom. The van der Waals surface area contributed by atoms with Gasteiger partial charge in [-0.3, -0.25) is 9.78 Å². The van der Waals surface area contributed by atoms with Crippen LogP contribution < -0.4 is 0 Å². The summed E-state index contributed by atoms with van der Waals surface area (Å²) in [5, 5.41) is 19.9. The summed E-state index contributed by atoms with van der Waals surface area (Å²) in [6.07, 6.45) is 3.91. The number of methoxy groups -OCH3 is 1. The molecule has 5 heterocycles. The van der Waals surface area contributed by atoms with Gasteiger partial charge in [0.15, 0.2) is 0 Å². The molecule has 0 saturated heterocycles. The first-order chi connectivity index (χ1) is 21.6. The molecule has 226 valence electrons. The van der Waals surface area contributed by atoms with Gasteiger partial charge in [0.25, 0.3) is 0 Å². The predicted molar refractivity (Wildman–Crippen MR) is 177 cm³/mol. The maximum atomic E-state index is 12.3. The number of rotatable bonds is 5. The van der Waals surface area contributed by atoms with Crippen molar-refractivity contribution in [1.82, 2.24) is 19.9 Å². The number of carbonyl (C=O) groups excluding carboxylic acids is 1. The van der Waals surface area contributed by atoms with E-state index in [0.717, 1.165) is 79.1 Å². The minimum Gasteiger partial charge on any atom is -0.469 e. The topological polar surface area (TPSA) is 131 Å². The number of hydrogen-bond acceptors (Lipinski definition) is 6. The average molecular weight is 597 g/mol. The third kappa shape index (κ3) is 4.69. The van der Waals surface area contributed by atoms with Crippen LogP contribution >= 0.6 is 0 Å². The number of aromatic amines is 2. The molecule has 0 radical (unpaired) electrons. The Bertz CT molecular complexity index is 2110. The van der Waals surface area contributed by atoms with Gasteiger partial charge < -0.3 is 14.7 Å². The highest BCUT2D eigenvalue weighted by atomic mass is 16.5. The molecule has 8 heteroatoms. The monoisotopic (exact) mass is 596 g/mol. The second-order valence-corrected chi connectivity index (χ2v) is 12.0. The lowest BCUT2D eigenvalue weighted by Gasteiger charge is -2.16. The van der Waals surface area contributed by atoms with Crippen LogP contribution in [0.3, 0.4) is 0 Å². The minimum atomic E-state index is -0.270. The van der Waals surface area contributed by atoms with Crippen molar-refractivity contribution in [2.75, 3.05) is 7.11 Å². The fraction of sp³-hybridized carbons (Fsp3) is 0.324. The van der Waals surface area contributed by atoms with E-state index in [2.05, 4.69) is 74.6 Å². The molecule has 0 amide bonds. The highest BCUT2D eigenvalue weighted by Gasteiger charge is 2.38. The van der Waals surface area contributed by atoms with E-state index >= 15 is 0 Å². The molecule has 0 spiro atoms. The number of allylic oxidation sites excluding steroid dienone is 4. The summed E-state index contributed by atoms with van der Waals surface area (Å²) in [4.78, 5) is 30.0. The normalized spacial score (nSPS) is 16.8. The van der Waals surface area contributed by atoms with Crippen LogP contribution in [-0.4, -0.2) is 33.0 Å². The molecule has 0 fully saturated rings. The molecular formula is C37H36N6O2. The summed E-state index contributed by atoms with van der Waals surface area (Å²) in [6, 6.07) is 10.6. The summed E-state index contributed by atoms with van der Waals surface area (Å²) < 4.78 is 4.99. The molecule has 3 aromatic heterocycles. The van der Waals surface area contributed by atoms with E-state index in [-0.39, 0.29) is 29.8 Å². The molecular weight excluding hydrogens is 560 g/mol. The zero-order valence-corrected chi connectivity index (χ0v) is 26.6. The molecule has 8 nitrogen and oxygen atoms in total. The van der Waals surface area contributed by atoms with Crippen molar-refractivity contribution in [3.8, 4) is 12.1 Å². The van der Waals surface area contributed by atoms with Crippen LogP contribution in [0.1, 0.15) is 96.0 Å². The number of nitrogens with one attached hydrogen (secondary N) is 2. The molecule has 1 aliphatic carbocycles. The van der Waals surface area contributed by atoms with Crippen LogP contribution in [0, 0.1) is 36.5 Å². The van der Waals surface area contributed by atoms with Crippen LogP contribution in [0.4, 0.5) is 0 Å². The van der Waals surface area contributed by atoms with Gasteiger partial charge in [0, 0.05) is 69.1 Å². The maximum absolute atomic E-state index is 12.3. The van der Waals surface area contributed by atoms with Gasteiger partial charge in [-0.05, 0) is 79.6 Å². The molecule has 2 atom stereocenters. The van der Waals surface area contributed by atoms with Crippen LogP contribution in [0.2, 0.25) is 0 Å². The maximum Gasteiger partial charge on any atom is 0.305 e. The number of esters is 1. The Morgan fingerprint density at radius 2 is 1.78 bits per heavy atom. The molecule has 8 bridgehead atoms. The number of aryl methyl sites for hydroxylation is 3. The summed E-state index contributed by atoms with van der Waals surface area (Å²) in [6.45, 7) is 14.6. The summed E-state index contributed by atoms with van der Waals surface area (Å²) in [5.74, 6) is -0.348. The van der Waals surface area contributed by atoms with Gasteiger partial charge in [-0.2, -0.15) is 10.5 Å². The van der Waals surface area contributed by atoms with Crippen LogP contribution in [0.15, 0.2) is 35.9 Å². The number of nitrogens with zero attached hydrogens (tertiary/aromatic N) is 4. The molecule has 6 rings (SSSR count). The van der Waals surface area contributed by atoms with Crippen molar-refractivity contribution in [1.29, 1.82) is 10.5 Å². The molecule has 3 aromatic rings. The summed E-state index contributed by atoms with van der Waals surface area (Å²) in [5.41, 5.74) is 15.1. The van der Waals surface area contributed by atoms with Gasteiger partial charge in [0.05, 0.1) is 24.2 Å². The molecule has 3 aliphatic rings. The molecule has 0 saturated carbocycles. The molecule has 0 aromatic carbocycles. The SMILES string of the molecule is C=Cc1c(C)c2cc3nc(c4c5nc(cc6[nH]c(cc1[nH]2)c(C)c6CC)C(C)=C5C(=C(C#N)C#N)C4)[C@@H](CCC(=O)OC)[C@@H]3C. The van der Waals surface area contributed by atoms with Crippen molar-refractivity contribution in [3.05, 3.63) is 86.5 Å². The first-order valence-corrected chi connectivity index (χ1v) is 15.4. The Kier molecular flexibility index (Phi) is 7.54. The molecule has 2 aliphatic heterocycles. The van der Waals surface area contributed by atoms with E-state index in [4.69, 9.17) is 14.7 Å². The first-order valence-electron chi connectivity index (χ1n) is 15.4. The number of hydrogen-bond donors (Lipinski definition) is 2. The van der Waals surface area contributed by atoms with Gasteiger partial charge in [-0.1, -0.05) is 26.5 Å². The van der Waals surface area contributed by atoms with E-state index in [9.17, 15) is 15.3 Å². The number of ether oxygens (including phenoxy) is 1. The van der Waals surface area contributed by atoms with E-state index in [0.29, 0.717) is 18.4 Å². The number of carbonyl (C=O) groups is 1. The van der Waals surface area contributed by atoms with E-state index in [1.807, 2.05) is 13.0 Å². The van der Waals surface area contributed by atoms with Crippen molar-refractivity contribution in [2.24, 2.45) is 0 Å². The third-order valence-corrected chi connectivity index (χ3v) is 9.80. The van der Waals surface area contributed by atoms with Crippen molar-refractivity contribution in [2.45, 2.75) is 72.1 Å². The van der Waals surface area contributed by atoms with Crippen LogP contribution in [-0.2, 0) is 22.4 Å². The summed E-state index contributed by atoms with van der Waals surface area (Å²) >= 11 is 0. The predicted octanol–water partition coefficient (Wildman–Crippen LogP) is 7.81. The van der Waals surface area contributed by atoms with E-state index in [1.54, 1.807) is 0 Å². The fourth-order valence-electron chi connectivity index (χ4n) is 7.22. The quantitative estimate of drug-likeness (QED) is 0.228. The van der Waals surface area contributed by atoms with Crippen molar-refractivity contribution >= 4 is 45.3 Å². The number of H-pyrrole nitrogens is 2. The smallest absolute Gasteiger partial charge is 0.305 e. The van der Waals surface area contributed by atoms with E-state index < -0.39 is 0 Å². The number of fused-ring (bicyclic) bond motifs is 8. The highest BCUT2D eigenvalue weighted by Crippen LogP contribution is 2.49. The van der Waals surface area contributed by atoms with E-state index in [1.165, 1.54) is 18.2 Å². The van der Waals surface area contributed by atoms with Crippen LogP contribution in [0.25, 0.3) is 39.3 Å². The zero-order valence-electron chi connectivity index (χ0n) is 26.6. The fourth-order valence-corrected chi connectivity index (χ4v) is 7.22. The van der Waals surface area contributed by atoms with Gasteiger partial charge >= 0.3 is 5.97 Å². The van der Waals surface area contributed by atoms with Gasteiger partial charge in [-0.15, -0.1) is 0 Å². The molecule has 45 heavy (non-hydrogen) atoms. The Hall–Kier alpha value is -5.21. The number of nitriles is 2. The van der Waals surface area contributed by atoms with Crippen molar-refractivity contribution in [3.63, 3.8) is 0 Å². The lowest BCUT2D eigenvalue weighted by Crippen LogP contribution is -2.09. The Labute approximate surface area is 262 Å². The van der Waals surface area contributed by atoms with Gasteiger partial charge in [0.2, 0.25) is 0 Å². The number of aromatic nitrogens is 4. The first kappa shape index (κ1) is 29.8. The van der Waals surface area contributed by atoms with Crippen LogP contribution in [0.5, 0.6) is 0 Å². The third-order valence-electron chi connectivity index (χ3n) is 9.80. The largest absolute Gasteiger partial charge is 0.469 e. The molecule has 2 N–H and O–H groups in total. The average Bonchev–Trinajstić information content (AvgIpc) is 3.79. The lowest BCUT2D eigenvalue weighted by atomic mass is 9.85. The van der Waals surface area contributed by atoms with Crippen molar-refractivity contribution < 1.29 is 9.53 Å². The standard InChI is InChI=1S/C37H36N6O2/c1-8-23-18(3)28-13-30-20(5)25(10-11-34(44)45-7)36(42-30)27-12-26(22(16-38)17-39)35-21(6)31(43-37(27)35)15-33-24(9-2)19(4)29(41-33)14-32(23)40-28/h8,13-15,20,25,40-41H,1,9-12H2,2-7H3/t20-,25-/m0/s1. The summed E-state index contributed by atoms with van der Waals surface area (Å²) in [7, 11) is 1.40. The zero-order chi connectivity index (χ0) is 32.2. The minimum absolute atomic E-state index is 0.0000241. The van der Waals surface area contributed by atoms with Gasteiger partial charge in [-0.25, -0.2) is 4.98 Å². The second kappa shape index (κ2) is 11.4. The molecule has 0 unspecified atom stereocenters.